The van der Waals surface area contributed by atoms with Gasteiger partial charge in [0.15, 0.2) is 0 Å². The molecule has 0 amide bonds. The highest BCUT2D eigenvalue weighted by Crippen LogP contribution is 2.23. The normalized spacial score (nSPS) is 16.9. The van der Waals surface area contributed by atoms with Crippen molar-refractivity contribution in [2.75, 3.05) is 31.1 Å². The number of aryl methyl sites for hydroxylation is 2. The van der Waals surface area contributed by atoms with Gasteiger partial charge in [0, 0.05) is 26.2 Å². The van der Waals surface area contributed by atoms with Crippen molar-refractivity contribution >= 4 is 5.69 Å². The standard InChI is InChI=1S/C12H17FN2/c1-9-7-11(13)12(8-10(9)2)15-5-3-14-4-6-15/h7-8,14H,3-6H2,1-2H3. The molecule has 1 saturated heterocycles. The summed E-state index contributed by atoms with van der Waals surface area (Å²) in [6, 6.07) is 3.59. The fraction of sp³-hybridized carbons (Fsp3) is 0.500. The summed E-state index contributed by atoms with van der Waals surface area (Å²) in [6.45, 7) is 7.62. The summed E-state index contributed by atoms with van der Waals surface area (Å²) < 4.78 is 13.8. The van der Waals surface area contributed by atoms with E-state index in [9.17, 15) is 4.39 Å². The molecular weight excluding hydrogens is 191 g/mol. The first-order valence-electron chi connectivity index (χ1n) is 5.41. The Kier molecular flexibility index (Phi) is 2.91. The molecule has 0 spiro atoms. The molecule has 82 valence electrons. The molecule has 2 nitrogen and oxygen atoms in total. The van der Waals surface area contributed by atoms with E-state index in [1.165, 1.54) is 0 Å². The summed E-state index contributed by atoms with van der Waals surface area (Å²) in [4.78, 5) is 2.11. The van der Waals surface area contributed by atoms with Crippen molar-refractivity contribution in [2.45, 2.75) is 13.8 Å². The van der Waals surface area contributed by atoms with Crippen molar-refractivity contribution in [3.05, 3.63) is 29.1 Å². The third-order valence-electron chi connectivity index (χ3n) is 3.02. The number of benzene rings is 1. The first-order chi connectivity index (χ1) is 7.18. The van der Waals surface area contributed by atoms with Crippen molar-refractivity contribution in [3.8, 4) is 0 Å². The molecule has 1 aliphatic rings. The predicted octanol–water partition coefficient (Wildman–Crippen LogP) is 1.85. The summed E-state index contributed by atoms with van der Waals surface area (Å²) in [5.74, 6) is -0.0972. The fourth-order valence-corrected chi connectivity index (χ4v) is 1.91. The molecule has 0 aliphatic carbocycles. The lowest BCUT2D eigenvalue weighted by Gasteiger charge is -2.30. The van der Waals surface area contributed by atoms with Crippen LogP contribution in [0.5, 0.6) is 0 Å². The van der Waals surface area contributed by atoms with E-state index >= 15 is 0 Å². The molecule has 1 heterocycles. The molecule has 15 heavy (non-hydrogen) atoms. The van der Waals surface area contributed by atoms with Crippen LogP contribution < -0.4 is 10.2 Å². The highest BCUT2D eigenvalue weighted by molar-refractivity contribution is 5.52. The maximum Gasteiger partial charge on any atom is 0.146 e. The van der Waals surface area contributed by atoms with E-state index < -0.39 is 0 Å². The lowest BCUT2D eigenvalue weighted by molar-refractivity contribution is 0.565. The zero-order valence-corrected chi connectivity index (χ0v) is 9.31. The van der Waals surface area contributed by atoms with E-state index in [0.717, 1.165) is 43.0 Å². The van der Waals surface area contributed by atoms with Gasteiger partial charge in [0.25, 0.3) is 0 Å². The van der Waals surface area contributed by atoms with Crippen LogP contribution in [0, 0.1) is 19.7 Å². The Morgan fingerprint density at radius 3 is 2.40 bits per heavy atom. The van der Waals surface area contributed by atoms with Gasteiger partial charge in [-0.15, -0.1) is 0 Å². The lowest BCUT2D eigenvalue weighted by atomic mass is 10.1. The Morgan fingerprint density at radius 2 is 1.73 bits per heavy atom. The van der Waals surface area contributed by atoms with E-state index in [1.54, 1.807) is 6.07 Å². The van der Waals surface area contributed by atoms with Crippen molar-refractivity contribution < 1.29 is 4.39 Å². The molecule has 1 N–H and O–H groups in total. The average molecular weight is 208 g/mol. The Bertz CT molecular complexity index is 357. The predicted molar refractivity (Wildman–Crippen MR) is 61.0 cm³/mol. The van der Waals surface area contributed by atoms with Crippen LogP contribution in [-0.2, 0) is 0 Å². The second kappa shape index (κ2) is 4.19. The number of rotatable bonds is 1. The minimum absolute atomic E-state index is 0.0972. The van der Waals surface area contributed by atoms with Gasteiger partial charge in [0.2, 0.25) is 0 Å². The van der Waals surface area contributed by atoms with Crippen molar-refractivity contribution in [3.63, 3.8) is 0 Å². The monoisotopic (exact) mass is 208 g/mol. The Morgan fingerprint density at radius 1 is 1.13 bits per heavy atom. The number of hydrogen-bond acceptors (Lipinski definition) is 2. The zero-order chi connectivity index (χ0) is 10.8. The molecule has 0 saturated carbocycles. The molecule has 0 bridgehead atoms. The molecule has 3 heteroatoms. The van der Waals surface area contributed by atoms with Crippen LogP contribution in [0.4, 0.5) is 10.1 Å². The number of nitrogens with zero attached hydrogens (tertiary/aromatic N) is 1. The van der Waals surface area contributed by atoms with Crippen LogP contribution in [0.25, 0.3) is 0 Å². The lowest BCUT2D eigenvalue weighted by Crippen LogP contribution is -2.43. The summed E-state index contributed by atoms with van der Waals surface area (Å²) in [5.41, 5.74) is 2.93. The third kappa shape index (κ3) is 2.12. The maximum absolute atomic E-state index is 13.8. The highest BCUT2D eigenvalue weighted by atomic mass is 19.1. The summed E-state index contributed by atoms with van der Waals surface area (Å²) in [6.07, 6.45) is 0. The SMILES string of the molecule is Cc1cc(F)c(N2CCNCC2)cc1C. The van der Waals surface area contributed by atoms with E-state index in [4.69, 9.17) is 0 Å². The summed E-state index contributed by atoms with van der Waals surface area (Å²) in [7, 11) is 0. The van der Waals surface area contributed by atoms with Crippen LogP contribution in [-0.4, -0.2) is 26.2 Å². The molecule has 0 radical (unpaired) electrons. The average Bonchev–Trinajstić information content (AvgIpc) is 2.25. The minimum Gasteiger partial charge on any atom is -0.367 e. The zero-order valence-electron chi connectivity index (χ0n) is 9.31. The van der Waals surface area contributed by atoms with Gasteiger partial charge in [-0.3, -0.25) is 0 Å². The van der Waals surface area contributed by atoms with Crippen LogP contribution in [0.3, 0.4) is 0 Å². The van der Waals surface area contributed by atoms with Crippen molar-refractivity contribution in [1.29, 1.82) is 0 Å². The number of nitrogens with one attached hydrogen (secondary N) is 1. The second-order valence-electron chi connectivity index (χ2n) is 4.12. The van der Waals surface area contributed by atoms with Gasteiger partial charge in [-0.2, -0.15) is 0 Å². The Hall–Kier alpha value is -1.09. The van der Waals surface area contributed by atoms with Gasteiger partial charge in [0.1, 0.15) is 5.82 Å². The second-order valence-corrected chi connectivity index (χ2v) is 4.12. The third-order valence-corrected chi connectivity index (χ3v) is 3.02. The summed E-state index contributed by atoms with van der Waals surface area (Å²) in [5, 5.41) is 3.27. The molecule has 2 rings (SSSR count). The molecular formula is C12H17FN2. The first kappa shape index (κ1) is 10.4. The van der Waals surface area contributed by atoms with Gasteiger partial charge in [-0.1, -0.05) is 0 Å². The number of halogens is 1. The fourth-order valence-electron chi connectivity index (χ4n) is 1.91. The van der Waals surface area contributed by atoms with E-state index in [0.29, 0.717) is 0 Å². The van der Waals surface area contributed by atoms with Gasteiger partial charge in [-0.05, 0) is 37.1 Å². The Labute approximate surface area is 90.1 Å². The van der Waals surface area contributed by atoms with E-state index in [1.807, 2.05) is 19.9 Å². The maximum atomic E-state index is 13.8. The molecule has 0 unspecified atom stereocenters. The molecule has 1 fully saturated rings. The van der Waals surface area contributed by atoms with Crippen LogP contribution in [0.2, 0.25) is 0 Å². The van der Waals surface area contributed by atoms with Crippen LogP contribution >= 0.6 is 0 Å². The number of piperazine rings is 1. The molecule has 0 atom stereocenters. The molecule has 1 aromatic carbocycles. The molecule has 1 aromatic rings. The first-order valence-corrected chi connectivity index (χ1v) is 5.41. The summed E-state index contributed by atoms with van der Waals surface area (Å²) >= 11 is 0. The topological polar surface area (TPSA) is 15.3 Å². The number of hydrogen-bond donors (Lipinski definition) is 1. The van der Waals surface area contributed by atoms with Crippen molar-refractivity contribution in [1.82, 2.24) is 5.32 Å². The van der Waals surface area contributed by atoms with E-state index in [-0.39, 0.29) is 5.82 Å². The number of anilines is 1. The minimum atomic E-state index is -0.0972. The van der Waals surface area contributed by atoms with Crippen molar-refractivity contribution in [2.24, 2.45) is 0 Å². The van der Waals surface area contributed by atoms with Crippen LogP contribution in [0.1, 0.15) is 11.1 Å². The quantitative estimate of drug-likeness (QED) is 0.757. The van der Waals surface area contributed by atoms with Gasteiger partial charge >= 0.3 is 0 Å². The Balaban J connectivity index is 2.30. The smallest absolute Gasteiger partial charge is 0.146 e. The van der Waals surface area contributed by atoms with E-state index in [2.05, 4.69) is 10.2 Å². The van der Waals surface area contributed by atoms with Crippen LogP contribution in [0.15, 0.2) is 12.1 Å². The largest absolute Gasteiger partial charge is 0.367 e. The molecule has 0 aromatic heterocycles. The van der Waals surface area contributed by atoms with Gasteiger partial charge < -0.3 is 10.2 Å². The van der Waals surface area contributed by atoms with Gasteiger partial charge in [0.05, 0.1) is 5.69 Å². The van der Waals surface area contributed by atoms with Gasteiger partial charge in [-0.25, -0.2) is 4.39 Å². The highest BCUT2D eigenvalue weighted by Gasteiger charge is 2.15. The molecule has 1 aliphatic heterocycles.